The molecule has 0 saturated heterocycles. The van der Waals surface area contributed by atoms with Gasteiger partial charge in [-0.15, -0.1) is 0 Å². The van der Waals surface area contributed by atoms with Crippen LogP contribution >= 0.6 is 34.8 Å². The molecule has 1 aliphatic heterocycles. The number of rotatable bonds is 6. The summed E-state index contributed by atoms with van der Waals surface area (Å²) in [5.41, 5.74) is 6.58. The highest BCUT2D eigenvalue weighted by Crippen LogP contribution is 2.28. The first-order chi connectivity index (χ1) is 15.2. The number of hydrogen-bond donors (Lipinski definition) is 3. The maximum Gasteiger partial charge on any atom is 0.326 e. The first-order valence-corrected chi connectivity index (χ1v) is 10.4. The number of pyridine rings is 1. The summed E-state index contributed by atoms with van der Waals surface area (Å²) in [6.45, 7) is 0. The lowest BCUT2D eigenvalue weighted by molar-refractivity contribution is -0.139. The second-order valence-electron chi connectivity index (χ2n) is 6.77. The minimum atomic E-state index is -1.30. The van der Waals surface area contributed by atoms with E-state index in [1.165, 1.54) is 47.6 Å². The van der Waals surface area contributed by atoms with Crippen molar-refractivity contribution in [1.29, 1.82) is 0 Å². The molecule has 1 aliphatic rings. The summed E-state index contributed by atoms with van der Waals surface area (Å²) in [4.78, 5) is 42.2. The van der Waals surface area contributed by atoms with E-state index in [1.807, 2.05) is 0 Å². The standard InChI is InChI=1S/C21H17Cl3N4O4/c22-13-4-1-5-14(23)17(13)20(30)28-10-11(6-7-16(28)25)9-15(21(31)32)27-19(29)12-3-2-8-26-18(12)24/h1-8,10,15-16H,9,25H2,(H,27,29)(H,31,32). The van der Waals surface area contributed by atoms with Gasteiger partial charge in [0.1, 0.15) is 17.4 Å². The van der Waals surface area contributed by atoms with E-state index in [9.17, 15) is 19.5 Å². The van der Waals surface area contributed by atoms with Crippen LogP contribution in [0, 0.1) is 0 Å². The predicted octanol–water partition coefficient (Wildman–Crippen LogP) is 3.50. The molecule has 11 heteroatoms. The molecule has 0 radical (unpaired) electrons. The molecule has 0 bridgehead atoms. The monoisotopic (exact) mass is 494 g/mol. The van der Waals surface area contributed by atoms with Gasteiger partial charge in [-0.1, -0.05) is 46.9 Å². The van der Waals surface area contributed by atoms with Crippen LogP contribution in [0.25, 0.3) is 0 Å². The smallest absolute Gasteiger partial charge is 0.326 e. The fraction of sp³-hybridized carbons (Fsp3) is 0.143. The van der Waals surface area contributed by atoms with E-state index in [0.717, 1.165) is 0 Å². The Hall–Kier alpha value is -2.91. The van der Waals surface area contributed by atoms with Gasteiger partial charge in [0.2, 0.25) is 0 Å². The average Bonchev–Trinajstić information content (AvgIpc) is 2.74. The molecule has 2 aromatic rings. The fourth-order valence-electron chi connectivity index (χ4n) is 3.00. The number of nitrogens with zero attached hydrogens (tertiary/aromatic N) is 2. The van der Waals surface area contributed by atoms with Crippen LogP contribution in [0.5, 0.6) is 0 Å². The topological polar surface area (TPSA) is 126 Å². The number of carbonyl (C=O) groups is 3. The van der Waals surface area contributed by atoms with E-state index < -0.39 is 30.0 Å². The molecule has 0 fully saturated rings. The maximum absolute atomic E-state index is 13.0. The van der Waals surface area contributed by atoms with Crippen molar-refractivity contribution in [2.24, 2.45) is 5.73 Å². The summed E-state index contributed by atoms with van der Waals surface area (Å²) in [7, 11) is 0. The number of nitrogens with two attached hydrogens (primary N) is 1. The van der Waals surface area contributed by atoms with Crippen molar-refractivity contribution >= 4 is 52.6 Å². The number of carbonyl (C=O) groups excluding carboxylic acids is 2. The number of carboxylic acid groups (broad SMARTS) is 1. The van der Waals surface area contributed by atoms with Gasteiger partial charge in [0.05, 0.1) is 21.2 Å². The molecule has 2 amide bonds. The van der Waals surface area contributed by atoms with Gasteiger partial charge in [-0.2, -0.15) is 0 Å². The van der Waals surface area contributed by atoms with Crippen molar-refractivity contribution in [1.82, 2.24) is 15.2 Å². The number of amides is 2. The quantitative estimate of drug-likeness (QED) is 0.527. The van der Waals surface area contributed by atoms with E-state index in [0.29, 0.717) is 5.57 Å². The van der Waals surface area contributed by atoms with Crippen LogP contribution in [0.15, 0.2) is 60.5 Å². The Labute approximate surface area is 198 Å². The maximum atomic E-state index is 13.0. The summed E-state index contributed by atoms with van der Waals surface area (Å²) in [5, 5.41) is 12.3. The minimum Gasteiger partial charge on any atom is -0.480 e. The highest BCUT2D eigenvalue weighted by molar-refractivity contribution is 6.39. The number of aliphatic carboxylic acids is 1. The third-order valence-corrected chi connectivity index (χ3v) is 5.52. The van der Waals surface area contributed by atoms with Crippen LogP contribution in [-0.4, -0.2) is 45.0 Å². The molecule has 1 aromatic heterocycles. The van der Waals surface area contributed by atoms with E-state index in [-0.39, 0.29) is 32.7 Å². The van der Waals surface area contributed by atoms with Crippen molar-refractivity contribution in [3.05, 3.63) is 86.8 Å². The lowest BCUT2D eigenvalue weighted by Gasteiger charge is -2.29. The van der Waals surface area contributed by atoms with Gasteiger partial charge in [0.25, 0.3) is 11.8 Å². The van der Waals surface area contributed by atoms with Gasteiger partial charge in [-0.05, 0) is 35.9 Å². The van der Waals surface area contributed by atoms with Gasteiger partial charge < -0.3 is 16.2 Å². The molecule has 0 spiro atoms. The van der Waals surface area contributed by atoms with Crippen LogP contribution in [-0.2, 0) is 4.79 Å². The van der Waals surface area contributed by atoms with Gasteiger partial charge in [0.15, 0.2) is 0 Å². The lowest BCUT2D eigenvalue weighted by Crippen LogP contribution is -2.44. The van der Waals surface area contributed by atoms with Crippen molar-refractivity contribution in [3.8, 4) is 0 Å². The third-order valence-electron chi connectivity index (χ3n) is 4.59. The number of benzene rings is 1. The number of carboxylic acids is 1. The zero-order chi connectivity index (χ0) is 23.4. The molecule has 1 aromatic carbocycles. The van der Waals surface area contributed by atoms with E-state index in [2.05, 4.69) is 10.3 Å². The molecule has 2 heterocycles. The van der Waals surface area contributed by atoms with E-state index in [4.69, 9.17) is 40.5 Å². The fourth-order valence-corrected chi connectivity index (χ4v) is 3.76. The van der Waals surface area contributed by atoms with E-state index >= 15 is 0 Å². The number of halogens is 3. The van der Waals surface area contributed by atoms with E-state index in [1.54, 1.807) is 12.1 Å². The molecular weight excluding hydrogens is 479 g/mol. The molecule has 2 atom stereocenters. The van der Waals surface area contributed by atoms with Crippen LogP contribution in [0.3, 0.4) is 0 Å². The number of aromatic nitrogens is 1. The molecule has 0 aliphatic carbocycles. The van der Waals surface area contributed by atoms with Gasteiger partial charge in [0, 0.05) is 18.8 Å². The summed E-state index contributed by atoms with van der Waals surface area (Å²) in [6.07, 6.45) is 4.99. The van der Waals surface area contributed by atoms with Crippen molar-refractivity contribution in [2.45, 2.75) is 18.6 Å². The SMILES string of the molecule is NC1C=CC(CC(NC(=O)c2cccnc2Cl)C(=O)O)=CN1C(=O)c1c(Cl)cccc1Cl. The van der Waals surface area contributed by atoms with Gasteiger partial charge in [-0.3, -0.25) is 14.5 Å². The van der Waals surface area contributed by atoms with Crippen molar-refractivity contribution in [3.63, 3.8) is 0 Å². The van der Waals surface area contributed by atoms with Crippen LogP contribution in [0.4, 0.5) is 0 Å². The summed E-state index contributed by atoms with van der Waals surface area (Å²) in [6, 6.07) is 6.29. The van der Waals surface area contributed by atoms with Crippen LogP contribution in [0.2, 0.25) is 15.2 Å². The normalized spacial score (nSPS) is 16.3. The molecule has 32 heavy (non-hydrogen) atoms. The Morgan fingerprint density at radius 1 is 1.16 bits per heavy atom. The molecule has 8 nitrogen and oxygen atoms in total. The Bertz CT molecular complexity index is 1120. The summed E-state index contributed by atoms with van der Waals surface area (Å²) < 4.78 is 0. The Morgan fingerprint density at radius 3 is 2.47 bits per heavy atom. The third kappa shape index (κ3) is 5.28. The Balaban J connectivity index is 1.82. The first kappa shape index (κ1) is 23.7. The molecule has 3 rings (SSSR count). The minimum absolute atomic E-state index is 0.0424. The van der Waals surface area contributed by atoms with Crippen LogP contribution < -0.4 is 11.1 Å². The summed E-state index contributed by atoms with van der Waals surface area (Å²) in [5.74, 6) is -2.51. The highest BCUT2D eigenvalue weighted by atomic mass is 35.5. The molecule has 2 unspecified atom stereocenters. The molecule has 166 valence electrons. The Morgan fingerprint density at radius 2 is 1.84 bits per heavy atom. The molecule has 4 N–H and O–H groups in total. The van der Waals surface area contributed by atoms with Gasteiger partial charge >= 0.3 is 5.97 Å². The molecular formula is C21H17Cl3N4O4. The number of allylic oxidation sites excluding steroid dienone is 1. The van der Waals surface area contributed by atoms with Crippen LogP contribution in [0.1, 0.15) is 27.1 Å². The Kier molecular flexibility index (Phi) is 7.52. The second kappa shape index (κ2) is 10.1. The lowest BCUT2D eigenvalue weighted by atomic mass is 10.0. The first-order valence-electron chi connectivity index (χ1n) is 9.24. The van der Waals surface area contributed by atoms with Gasteiger partial charge in [-0.25, -0.2) is 9.78 Å². The van der Waals surface area contributed by atoms with Crippen molar-refractivity contribution < 1.29 is 19.5 Å². The molecule has 0 saturated carbocycles. The summed E-state index contributed by atoms with van der Waals surface area (Å²) >= 11 is 18.2. The second-order valence-corrected chi connectivity index (χ2v) is 7.95. The largest absolute Gasteiger partial charge is 0.480 e. The zero-order valence-corrected chi connectivity index (χ0v) is 18.6. The number of hydrogen-bond acceptors (Lipinski definition) is 5. The highest BCUT2D eigenvalue weighted by Gasteiger charge is 2.28. The zero-order valence-electron chi connectivity index (χ0n) is 16.3. The predicted molar refractivity (Wildman–Crippen MR) is 121 cm³/mol. The average molecular weight is 496 g/mol. The number of nitrogens with one attached hydrogen (secondary N) is 1. The van der Waals surface area contributed by atoms with Crippen molar-refractivity contribution in [2.75, 3.05) is 0 Å².